The number of fused-ring (bicyclic) bond motifs is 2. The predicted molar refractivity (Wildman–Crippen MR) is 98.1 cm³/mol. The lowest BCUT2D eigenvalue weighted by atomic mass is 9.84. The normalized spacial score (nSPS) is 17.4. The van der Waals surface area contributed by atoms with E-state index in [-0.39, 0.29) is 6.04 Å². The van der Waals surface area contributed by atoms with Crippen molar-refractivity contribution in [3.05, 3.63) is 58.7 Å². The highest BCUT2D eigenvalue weighted by molar-refractivity contribution is 5.53. The molecule has 3 heteroatoms. The number of hydrogen-bond acceptors (Lipinski definition) is 3. The molecular formula is C21H27NO2. The standard InChI is InChI=1S/C21H27NO2/c1-14(22)8-11-18-17-7-5-4-6-15(17)9-10-16-12-20(23-2)21(24-3)13-19(16)18/h4-7,12-14,18H,8-11,22H2,1-3H3. The fraction of sp³-hybridized carbons (Fsp3) is 0.429. The van der Waals surface area contributed by atoms with E-state index >= 15 is 0 Å². The number of nitrogens with two attached hydrogens (primary N) is 1. The highest BCUT2D eigenvalue weighted by Crippen LogP contribution is 2.42. The minimum Gasteiger partial charge on any atom is -0.493 e. The zero-order valence-electron chi connectivity index (χ0n) is 14.8. The maximum absolute atomic E-state index is 6.05. The van der Waals surface area contributed by atoms with Crippen molar-refractivity contribution in [1.29, 1.82) is 0 Å². The molecule has 24 heavy (non-hydrogen) atoms. The van der Waals surface area contributed by atoms with Crippen LogP contribution in [0.2, 0.25) is 0 Å². The van der Waals surface area contributed by atoms with Gasteiger partial charge in [-0.05, 0) is 67.0 Å². The Morgan fingerprint density at radius 2 is 1.67 bits per heavy atom. The van der Waals surface area contributed by atoms with Gasteiger partial charge >= 0.3 is 0 Å². The summed E-state index contributed by atoms with van der Waals surface area (Å²) < 4.78 is 11.1. The van der Waals surface area contributed by atoms with Gasteiger partial charge in [-0.15, -0.1) is 0 Å². The SMILES string of the molecule is COc1cc2c(cc1OC)C(CCC(C)N)c1ccccc1CC2. The summed E-state index contributed by atoms with van der Waals surface area (Å²) in [6.07, 6.45) is 4.15. The molecule has 0 bridgehead atoms. The zero-order valence-corrected chi connectivity index (χ0v) is 14.8. The summed E-state index contributed by atoms with van der Waals surface area (Å²) in [4.78, 5) is 0. The first-order valence-corrected chi connectivity index (χ1v) is 8.72. The summed E-state index contributed by atoms with van der Waals surface area (Å²) in [5.74, 6) is 1.99. The van der Waals surface area contributed by atoms with Crippen LogP contribution >= 0.6 is 0 Å². The molecule has 0 fully saturated rings. The molecule has 2 atom stereocenters. The van der Waals surface area contributed by atoms with Crippen LogP contribution in [0.5, 0.6) is 11.5 Å². The molecule has 3 nitrogen and oxygen atoms in total. The van der Waals surface area contributed by atoms with Crippen LogP contribution in [0.1, 0.15) is 47.9 Å². The number of hydrogen-bond donors (Lipinski definition) is 1. The van der Waals surface area contributed by atoms with Crippen LogP contribution < -0.4 is 15.2 Å². The van der Waals surface area contributed by atoms with E-state index in [1.807, 2.05) is 0 Å². The van der Waals surface area contributed by atoms with Gasteiger partial charge in [-0.1, -0.05) is 24.3 Å². The largest absolute Gasteiger partial charge is 0.493 e. The van der Waals surface area contributed by atoms with E-state index in [9.17, 15) is 0 Å². The average Bonchev–Trinajstić information content (AvgIpc) is 2.75. The molecule has 0 saturated carbocycles. The van der Waals surface area contributed by atoms with Crippen LogP contribution in [0.25, 0.3) is 0 Å². The summed E-state index contributed by atoms with van der Waals surface area (Å²) in [6, 6.07) is 13.3. The third kappa shape index (κ3) is 3.27. The number of benzene rings is 2. The topological polar surface area (TPSA) is 44.5 Å². The Bertz CT molecular complexity index is 709. The lowest BCUT2D eigenvalue weighted by molar-refractivity contribution is 0.353. The third-order valence-electron chi connectivity index (χ3n) is 5.03. The Hall–Kier alpha value is -2.00. The van der Waals surface area contributed by atoms with Crippen molar-refractivity contribution < 1.29 is 9.47 Å². The molecule has 0 aromatic heterocycles. The average molecular weight is 325 g/mol. The highest BCUT2D eigenvalue weighted by Gasteiger charge is 2.25. The highest BCUT2D eigenvalue weighted by atomic mass is 16.5. The molecule has 3 rings (SSSR count). The first-order chi connectivity index (χ1) is 11.6. The summed E-state index contributed by atoms with van der Waals surface area (Å²) >= 11 is 0. The predicted octanol–water partition coefficient (Wildman–Crippen LogP) is 4.06. The van der Waals surface area contributed by atoms with E-state index < -0.39 is 0 Å². The molecule has 0 heterocycles. The number of methoxy groups -OCH3 is 2. The second-order valence-electron chi connectivity index (χ2n) is 6.71. The molecule has 0 radical (unpaired) electrons. The van der Waals surface area contributed by atoms with Crippen LogP contribution in [0, 0.1) is 0 Å². The summed E-state index contributed by atoms with van der Waals surface area (Å²) in [6.45, 7) is 2.08. The first kappa shape index (κ1) is 16.8. The Balaban J connectivity index is 2.11. The molecule has 2 unspecified atom stereocenters. The summed E-state index contributed by atoms with van der Waals surface area (Å²) in [7, 11) is 3.40. The number of rotatable bonds is 5. The fourth-order valence-electron chi connectivity index (χ4n) is 3.76. The van der Waals surface area contributed by atoms with E-state index in [1.165, 1.54) is 22.3 Å². The van der Waals surface area contributed by atoms with Crippen molar-refractivity contribution >= 4 is 0 Å². The maximum atomic E-state index is 6.05. The van der Waals surface area contributed by atoms with Gasteiger partial charge in [0.25, 0.3) is 0 Å². The molecule has 0 amide bonds. The van der Waals surface area contributed by atoms with Gasteiger partial charge < -0.3 is 15.2 Å². The van der Waals surface area contributed by atoms with E-state index in [2.05, 4.69) is 43.3 Å². The van der Waals surface area contributed by atoms with E-state index in [0.29, 0.717) is 5.92 Å². The lowest BCUT2D eigenvalue weighted by Crippen LogP contribution is -2.16. The Labute approximate surface area is 144 Å². The van der Waals surface area contributed by atoms with Gasteiger partial charge in [0.05, 0.1) is 14.2 Å². The van der Waals surface area contributed by atoms with Gasteiger partial charge in [0.15, 0.2) is 11.5 Å². The molecule has 2 aromatic carbocycles. The van der Waals surface area contributed by atoms with Gasteiger partial charge in [-0.2, -0.15) is 0 Å². The molecule has 0 saturated heterocycles. The molecule has 0 spiro atoms. The Morgan fingerprint density at radius 1 is 1.00 bits per heavy atom. The second-order valence-corrected chi connectivity index (χ2v) is 6.71. The third-order valence-corrected chi connectivity index (χ3v) is 5.03. The minimum absolute atomic E-state index is 0.212. The molecular weight excluding hydrogens is 298 g/mol. The minimum atomic E-state index is 0.212. The number of ether oxygens (including phenoxy) is 2. The first-order valence-electron chi connectivity index (χ1n) is 8.72. The van der Waals surface area contributed by atoms with Crippen molar-refractivity contribution in [1.82, 2.24) is 0 Å². The quantitative estimate of drug-likeness (QED) is 0.901. The van der Waals surface area contributed by atoms with Crippen LogP contribution in [0.15, 0.2) is 36.4 Å². The maximum Gasteiger partial charge on any atom is 0.161 e. The van der Waals surface area contributed by atoms with Crippen molar-refractivity contribution in [3.8, 4) is 11.5 Å². The smallest absolute Gasteiger partial charge is 0.161 e. The van der Waals surface area contributed by atoms with E-state index in [0.717, 1.165) is 37.2 Å². The second kappa shape index (κ2) is 7.27. The summed E-state index contributed by atoms with van der Waals surface area (Å²) in [5.41, 5.74) is 11.6. The Kier molecular flexibility index (Phi) is 5.10. The molecule has 2 aromatic rings. The zero-order chi connectivity index (χ0) is 17.1. The van der Waals surface area contributed by atoms with Crippen LogP contribution in [-0.4, -0.2) is 20.3 Å². The van der Waals surface area contributed by atoms with E-state index in [1.54, 1.807) is 14.2 Å². The van der Waals surface area contributed by atoms with E-state index in [4.69, 9.17) is 15.2 Å². The molecule has 2 N–H and O–H groups in total. The monoisotopic (exact) mass is 325 g/mol. The molecule has 128 valence electrons. The molecule has 1 aliphatic carbocycles. The van der Waals surface area contributed by atoms with Gasteiger partial charge in [0.1, 0.15) is 0 Å². The fourth-order valence-corrected chi connectivity index (χ4v) is 3.76. The van der Waals surface area contributed by atoms with Crippen molar-refractivity contribution in [3.63, 3.8) is 0 Å². The number of aryl methyl sites for hydroxylation is 2. The van der Waals surface area contributed by atoms with Crippen molar-refractivity contribution in [2.75, 3.05) is 14.2 Å². The molecule has 0 aliphatic heterocycles. The van der Waals surface area contributed by atoms with Crippen molar-refractivity contribution in [2.45, 2.75) is 44.6 Å². The van der Waals surface area contributed by atoms with Gasteiger partial charge in [-0.25, -0.2) is 0 Å². The lowest BCUT2D eigenvalue weighted by Gasteiger charge is -2.22. The van der Waals surface area contributed by atoms with Crippen LogP contribution in [0.3, 0.4) is 0 Å². The summed E-state index contributed by atoms with van der Waals surface area (Å²) in [5, 5.41) is 0. The molecule has 1 aliphatic rings. The van der Waals surface area contributed by atoms with Gasteiger partial charge in [-0.3, -0.25) is 0 Å². The van der Waals surface area contributed by atoms with Crippen LogP contribution in [0.4, 0.5) is 0 Å². The van der Waals surface area contributed by atoms with Gasteiger partial charge in [0, 0.05) is 12.0 Å². The van der Waals surface area contributed by atoms with Gasteiger partial charge in [0.2, 0.25) is 0 Å². The van der Waals surface area contributed by atoms with Crippen molar-refractivity contribution in [2.24, 2.45) is 5.73 Å². The Morgan fingerprint density at radius 3 is 2.38 bits per heavy atom. The van der Waals surface area contributed by atoms with Crippen LogP contribution in [-0.2, 0) is 12.8 Å².